The first-order chi connectivity index (χ1) is 13.4. The molecule has 0 amide bonds. The van der Waals surface area contributed by atoms with Gasteiger partial charge in [-0.1, -0.05) is 11.8 Å². The van der Waals surface area contributed by atoms with Gasteiger partial charge in [0.25, 0.3) is 5.56 Å². The van der Waals surface area contributed by atoms with Gasteiger partial charge in [0.05, 0.1) is 18.9 Å². The first-order valence-electron chi connectivity index (χ1n) is 8.32. The van der Waals surface area contributed by atoms with Crippen molar-refractivity contribution in [2.75, 3.05) is 31.2 Å². The van der Waals surface area contributed by atoms with Crippen molar-refractivity contribution in [2.24, 2.45) is 0 Å². The van der Waals surface area contributed by atoms with Crippen LogP contribution < -0.4 is 10.5 Å². The molecule has 1 aliphatic rings. The fourth-order valence-corrected chi connectivity index (χ4v) is 4.37. The van der Waals surface area contributed by atoms with Crippen LogP contribution in [0.4, 0.5) is 19.1 Å². The maximum atomic E-state index is 13.1. The van der Waals surface area contributed by atoms with E-state index in [9.17, 15) is 18.0 Å². The summed E-state index contributed by atoms with van der Waals surface area (Å²) in [6.07, 6.45) is -2.79. The summed E-state index contributed by atoms with van der Waals surface area (Å²) < 4.78 is 47.1. The Kier molecular flexibility index (Phi) is 5.29. The first kappa shape index (κ1) is 19.2. The fraction of sp³-hybridized carbons (Fsp3) is 0.467. The Labute approximate surface area is 165 Å². The Hall–Kier alpha value is -2.12. The number of ether oxygens (including phenoxy) is 1. The molecule has 1 aliphatic heterocycles. The number of hydrogen-bond donors (Lipinski definition) is 0. The van der Waals surface area contributed by atoms with Gasteiger partial charge in [-0.2, -0.15) is 13.2 Å². The van der Waals surface area contributed by atoms with Crippen LogP contribution in [-0.4, -0.2) is 56.6 Å². The van der Waals surface area contributed by atoms with Gasteiger partial charge in [-0.05, 0) is 0 Å². The van der Waals surface area contributed by atoms with Crippen LogP contribution in [0.3, 0.4) is 0 Å². The molecular formula is C15H15F3N6O2S2. The SMILES string of the molecule is O=c1cc(CSc2nnc(N3CCOCC3)n2CC(F)(F)F)nc2sccn12. The molecule has 3 aromatic heterocycles. The molecule has 8 nitrogen and oxygen atoms in total. The average molecular weight is 432 g/mol. The average Bonchev–Trinajstić information content (AvgIpc) is 3.27. The molecule has 1 fully saturated rings. The van der Waals surface area contributed by atoms with Crippen LogP contribution >= 0.6 is 23.1 Å². The van der Waals surface area contributed by atoms with Crippen molar-refractivity contribution in [1.29, 1.82) is 0 Å². The van der Waals surface area contributed by atoms with E-state index in [1.54, 1.807) is 16.5 Å². The predicted octanol–water partition coefficient (Wildman–Crippen LogP) is 2.04. The molecule has 0 saturated carbocycles. The number of rotatable bonds is 5. The highest BCUT2D eigenvalue weighted by molar-refractivity contribution is 7.98. The van der Waals surface area contributed by atoms with Gasteiger partial charge in [0, 0.05) is 36.5 Å². The summed E-state index contributed by atoms with van der Waals surface area (Å²) in [6.45, 7) is 0.573. The monoisotopic (exact) mass is 432 g/mol. The third kappa shape index (κ3) is 4.15. The maximum absolute atomic E-state index is 13.1. The fourth-order valence-electron chi connectivity index (χ4n) is 2.80. The second-order valence-electron chi connectivity index (χ2n) is 6.01. The highest BCUT2D eigenvalue weighted by Gasteiger charge is 2.32. The number of nitrogens with zero attached hydrogens (tertiary/aromatic N) is 6. The molecule has 13 heteroatoms. The van der Waals surface area contributed by atoms with E-state index in [2.05, 4.69) is 15.2 Å². The van der Waals surface area contributed by atoms with Gasteiger partial charge in [-0.3, -0.25) is 13.8 Å². The zero-order chi connectivity index (χ0) is 19.7. The standard InChI is InChI=1S/C15H15F3N6O2S2/c16-15(17,18)9-24-12(22-1-4-26-5-2-22)20-21-14(24)28-8-10-7-11(25)23-3-6-27-13(23)19-10/h3,6-7H,1-2,4-5,8-9H2. The number of hydrogen-bond acceptors (Lipinski definition) is 8. The minimum Gasteiger partial charge on any atom is -0.378 e. The van der Waals surface area contributed by atoms with E-state index in [0.717, 1.165) is 16.3 Å². The van der Waals surface area contributed by atoms with Crippen molar-refractivity contribution in [1.82, 2.24) is 24.1 Å². The molecule has 0 spiro atoms. The van der Waals surface area contributed by atoms with Gasteiger partial charge in [0.2, 0.25) is 5.95 Å². The van der Waals surface area contributed by atoms with Gasteiger partial charge >= 0.3 is 6.18 Å². The van der Waals surface area contributed by atoms with E-state index in [0.29, 0.717) is 37.0 Å². The van der Waals surface area contributed by atoms with E-state index in [4.69, 9.17) is 4.74 Å². The second kappa shape index (κ2) is 7.72. The Morgan fingerprint density at radius 3 is 2.79 bits per heavy atom. The number of anilines is 1. The van der Waals surface area contributed by atoms with E-state index in [1.807, 2.05) is 0 Å². The summed E-state index contributed by atoms with van der Waals surface area (Å²) in [5.41, 5.74) is 0.250. The molecule has 0 unspecified atom stereocenters. The van der Waals surface area contributed by atoms with Gasteiger partial charge < -0.3 is 9.64 Å². The van der Waals surface area contributed by atoms with Gasteiger partial charge in [-0.25, -0.2) is 4.98 Å². The van der Waals surface area contributed by atoms with Crippen LogP contribution in [0.15, 0.2) is 27.6 Å². The van der Waals surface area contributed by atoms with Crippen molar-refractivity contribution in [2.45, 2.75) is 23.6 Å². The van der Waals surface area contributed by atoms with E-state index in [-0.39, 0.29) is 22.4 Å². The zero-order valence-corrected chi connectivity index (χ0v) is 16.1. The van der Waals surface area contributed by atoms with Crippen molar-refractivity contribution >= 4 is 34.0 Å². The Morgan fingerprint density at radius 2 is 2.04 bits per heavy atom. The van der Waals surface area contributed by atoms with Crippen LogP contribution in [0, 0.1) is 0 Å². The number of aromatic nitrogens is 5. The van der Waals surface area contributed by atoms with Crippen LogP contribution in [-0.2, 0) is 17.0 Å². The molecule has 150 valence electrons. The summed E-state index contributed by atoms with van der Waals surface area (Å²) >= 11 is 2.38. The lowest BCUT2D eigenvalue weighted by atomic mass is 10.4. The summed E-state index contributed by atoms with van der Waals surface area (Å²) in [6, 6.07) is 1.38. The Morgan fingerprint density at radius 1 is 1.25 bits per heavy atom. The Bertz CT molecular complexity index is 1020. The highest BCUT2D eigenvalue weighted by Crippen LogP contribution is 2.29. The summed E-state index contributed by atoms with van der Waals surface area (Å²) in [4.78, 5) is 18.7. The molecule has 0 aromatic carbocycles. The summed E-state index contributed by atoms with van der Waals surface area (Å²) in [5, 5.41) is 9.80. The minimum absolute atomic E-state index is 0.131. The smallest absolute Gasteiger partial charge is 0.378 e. The lowest BCUT2D eigenvalue weighted by Gasteiger charge is -2.28. The third-order valence-corrected chi connectivity index (χ3v) is 5.79. The third-order valence-electron chi connectivity index (χ3n) is 4.03. The van der Waals surface area contributed by atoms with Crippen molar-refractivity contribution in [3.05, 3.63) is 33.7 Å². The number of fused-ring (bicyclic) bond motifs is 1. The topological polar surface area (TPSA) is 77.6 Å². The van der Waals surface area contributed by atoms with E-state index in [1.165, 1.54) is 21.8 Å². The van der Waals surface area contributed by atoms with Crippen molar-refractivity contribution in [3.8, 4) is 0 Å². The van der Waals surface area contributed by atoms with Gasteiger partial charge in [0.15, 0.2) is 10.1 Å². The van der Waals surface area contributed by atoms with E-state index >= 15 is 0 Å². The first-order valence-corrected chi connectivity index (χ1v) is 10.2. The molecule has 0 aliphatic carbocycles. The van der Waals surface area contributed by atoms with Crippen molar-refractivity contribution < 1.29 is 17.9 Å². The zero-order valence-electron chi connectivity index (χ0n) is 14.4. The van der Waals surface area contributed by atoms with E-state index < -0.39 is 12.7 Å². The predicted molar refractivity (Wildman–Crippen MR) is 98.0 cm³/mol. The second-order valence-corrected chi connectivity index (χ2v) is 7.83. The molecule has 0 N–H and O–H groups in total. The van der Waals surface area contributed by atoms with Crippen LogP contribution in [0.25, 0.3) is 4.96 Å². The highest BCUT2D eigenvalue weighted by atomic mass is 32.2. The Balaban J connectivity index is 1.59. The summed E-state index contributed by atoms with van der Waals surface area (Å²) in [5.74, 6) is 0.382. The summed E-state index contributed by atoms with van der Waals surface area (Å²) in [7, 11) is 0. The van der Waals surface area contributed by atoms with Crippen LogP contribution in [0.1, 0.15) is 5.69 Å². The molecule has 1 saturated heterocycles. The van der Waals surface area contributed by atoms with Gasteiger partial charge in [0.1, 0.15) is 6.54 Å². The van der Waals surface area contributed by atoms with Crippen LogP contribution in [0.2, 0.25) is 0 Å². The number of alkyl halides is 3. The quantitative estimate of drug-likeness (QED) is 0.571. The van der Waals surface area contributed by atoms with Gasteiger partial charge in [-0.15, -0.1) is 21.5 Å². The number of morpholine rings is 1. The molecule has 0 atom stereocenters. The molecule has 4 rings (SSSR count). The maximum Gasteiger partial charge on any atom is 0.406 e. The largest absolute Gasteiger partial charge is 0.406 e. The molecule has 0 radical (unpaired) electrons. The lowest BCUT2D eigenvalue weighted by molar-refractivity contribution is -0.141. The molecule has 3 aromatic rings. The van der Waals surface area contributed by atoms with Crippen molar-refractivity contribution in [3.63, 3.8) is 0 Å². The minimum atomic E-state index is -4.41. The number of thioether (sulfide) groups is 1. The number of halogens is 3. The molecular weight excluding hydrogens is 417 g/mol. The normalized spacial score (nSPS) is 15.5. The molecule has 0 bridgehead atoms. The lowest BCUT2D eigenvalue weighted by Crippen LogP contribution is -2.38. The van der Waals surface area contributed by atoms with Crippen LogP contribution in [0.5, 0.6) is 0 Å². The molecule has 28 heavy (non-hydrogen) atoms. The number of thiazole rings is 1. The molecule has 4 heterocycles.